The van der Waals surface area contributed by atoms with Gasteiger partial charge >= 0.3 is 11.7 Å². The average Bonchev–Trinajstić information content (AvgIpc) is 3.13. The van der Waals surface area contributed by atoms with Gasteiger partial charge in [0.2, 0.25) is 11.6 Å². The molecule has 0 radical (unpaired) electrons. The van der Waals surface area contributed by atoms with E-state index in [1.54, 1.807) is 31.2 Å². The van der Waals surface area contributed by atoms with Crippen LogP contribution in [0.5, 0.6) is 11.6 Å². The number of aryl methyl sites for hydroxylation is 1. The molecule has 0 saturated carbocycles. The maximum absolute atomic E-state index is 12.8. The second-order valence-electron chi connectivity index (χ2n) is 7.51. The van der Waals surface area contributed by atoms with Gasteiger partial charge < -0.3 is 14.8 Å². The lowest BCUT2D eigenvalue weighted by Crippen LogP contribution is -2.28. The molecule has 0 bridgehead atoms. The lowest BCUT2D eigenvalue weighted by atomic mass is 10.1. The first-order valence-corrected chi connectivity index (χ1v) is 10.6. The normalized spacial score (nSPS) is 10.8. The van der Waals surface area contributed by atoms with Crippen molar-refractivity contribution < 1.29 is 19.1 Å². The number of anilines is 1. The zero-order valence-electron chi connectivity index (χ0n) is 18.9. The van der Waals surface area contributed by atoms with Crippen LogP contribution in [0.4, 0.5) is 5.69 Å². The van der Waals surface area contributed by atoms with Crippen molar-refractivity contribution in [2.75, 3.05) is 11.9 Å². The highest BCUT2D eigenvalue weighted by atomic mass is 16.5. The van der Waals surface area contributed by atoms with Crippen LogP contribution in [0, 0.1) is 13.8 Å². The molecule has 2 aromatic carbocycles. The SMILES string of the molecule is CCOC(=O)c1ccc(NC(=O)Cn2nc3c(Oc4cccc(C)c4C)nccn3c2=O)cc1. The lowest BCUT2D eigenvalue weighted by molar-refractivity contribution is -0.117. The van der Waals surface area contributed by atoms with E-state index in [0.29, 0.717) is 17.0 Å². The maximum Gasteiger partial charge on any atom is 0.351 e. The van der Waals surface area contributed by atoms with Crippen molar-refractivity contribution >= 4 is 23.2 Å². The number of fused-ring (bicyclic) bond motifs is 1. The zero-order valence-corrected chi connectivity index (χ0v) is 18.9. The number of nitrogens with zero attached hydrogens (tertiary/aromatic N) is 4. The van der Waals surface area contributed by atoms with Gasteiger partial charge in [-0.15, -0.1) is 5.10 Å². The number of hydrogen-bond acceptors (Lipinski definition) is 7. The molecule has 0 spiro atoms. The first-order chi connectivity index (χ1) is 16.4. The number of hydrogen-bond donors (Lipinski definition) is 1. The smallest absolute Gasteiger partial charge is 0.351 e. The fraction of sp³-hybridized carbons (Fsp3) is 0.208. The summed E-state index contributed by atoms with van der Waals surface area (Å²) in [7, 11) is 0. The minimum atomic E-state index is -0.504. The number of benzene rings is 2. The van der Waals surface area contributed by atoms with Gasteiger partial charge in [0.1, 0.15) is 12.3 Å². The molecule has 10 heteroatoms. The van der Waals surface area contributed by atoms with Crippen LogP contribution in [0.15, 0.2) is 59.7 Å². The Morgan fingerprint density at radius 1 is 1.09 bits per heavy atom. The van der Waals surface area contributed by atoms with Crippen molar-refractivity contribution in [3.05, 3.63) is 82.0 Å². The van der Waals surface area contributed by atoms with E-state index in [4.69, 9.17) is 9.47 Å². The van der Waals surface area contributed by atoms with E-state index < -0.39 is 17.6 Å². The van der Waals surface area contributed by atoms with Crippen LogP contribution >= 0.6 is 0 Å². The van der Waals surface area contributed by atoms with Crippen LogP contribution in [0.25, 0.3) is 5.65 Å². The quantitative estimate of drug-likeness (QED) is 0.420. The molecule has 0 aliphatic carbocycles. The molecule has 174 valence electrons. The Morgan fingerprint density at radius 2 is 1.85 bits per heavy atom. The van der Waals surface area contributed by atoms with Gasteiger partial charge in [0.25, 0.3) is 5.88 Å². The first kappa shape index (κ1) is 22.7. The summed E-state index contributed by atoms with van der Waals surface area (Å²) in [5.74, 6) is -0.142. The number of rotatable bonds is 7. The number of amides is 1. The molecule has 10 nitrogen and oxygen atoms in total. The highest BCUT2D eigenvalue weighted by molar-refractivity contribution is 5.93. The predicted octanol–water partition coefficient (Wildman–Crippen LogP) is 3.12. The number of nitrogens with one attached hydrogen (secondary N) is 1. The molecule has 2 heterocycles. The summed E-state index contributed by atoms with van der Waals surface area (Å²) in [6.45, 7) is 5.58. The van der Waals surface area contributed by atoms with Gasteiger partial charge in [0, 0.05) is 18.1 Å². The first-order valence-electron chi connectivity index (χ1n) is 10.6. The van der Waals surface area contributed by atoms with Crippen molar-refractivity contribution in [1.82, 2.24) is 19.2 Å². The van der Waals surface area contributed by atoms with Gasteiger partial charge in [0.15, 0.2) is 0 Å². The van der Waals surface area contributed by atoms with Gasteiger partial charge in [-0.25, -0.2) is 23.7 Å². The monoisotopic (exact) mass is 461 g/mol. The van der Waals surface area contributed by atoms with E-state index in [1.165, 1.54) is 16.8 Å². The largest absolute Gasteiger partial charge is 0.462 e. The third-order valence-electron chi connectivity index (χ3n) is 5.20. The third kappa shape index (κ3) is 4.65. The molecule has 0 fully saturated rings. The van der Waals surface area contributed by atoms with Crippen molar-refractivity contribution in [2.45, 2.75) is 27.3 Å². The third-order valence-corrected chi connectivity index (χ3v) is 5.20. The van der Waals surface area contributed by atoms with Gasteiger partial charge in [0.05, 0.1) is 12.2 Å². The Morgan fingerprint density at radius 3 is 2.59 bits per heavy atom. The molecule has 0 saturated heterocycles. The van der Waals surface area contributed by atoms with Crippen LogP contribution in [0.3, 0.4) is 0 Å². The Balaban J connectivity index is 1.52. The number of carbonyl (C=O) groups is 2. The van der Waals surface area contributed by atoms with E-state index in [9.17, 15) is 14.4 Å². The number of ether oxygens (including phenoxy) is 2. The summed E-state index contributed by atoms with van der Waals surface area (Å²) in [5.41, 5.74) is 2.53. The molecule has 0 aliphatic rings. The van der Waals surface area contributed by atoms with E-state index in [0.717, 1.165) is 15.8 Å². The fourth-order valence-electron chi connectivity index (χ4n) is 3.28. The molecule has 0 unspecified atom stereocenters. The molecule has 0 aliphatic heterocycles. The summed E-state index contributed by atoms with van der Waals surface area (Å²) in [6.07, 6.45) is 2.90. The maximum atomic E-state index is 12.8. The second kappa shape index (κ2) is 9.57. The van der Waals surface area contributed by atoms with Gasteiger partial charge in [-0.3, -0.25) is 4.79 Å². The molecule has 34 heavy (non-hydrogen) atoms. The lowest BCUT2D eigenvalue weighted by Gasteiger charge is -2.09. The van der Waals surface area contributed by atoms with Crippen LogP contribution in [-0.2, 0) is 16.1 Å². The van der Waals surface area contributed by atoms with E-state index in [1.807, 2.05) is 32.0 Å². The van der Waals surface area contributed by atoms with Crippen molar-refractivity contribution in [1.29, 1.82) is 0 Å². The van der Waals surface area contributed by atoms with Crippen LogP contribution < -0.4 is 15.7 Å². The highest BCUT2D eigenvalue weighted by Crippen LogP contribution is 2.27. The summed E-state index contributed by atoms with van der Waals surface area (Å²) < 4.78 is 13.2. The van der Waals surface area contributed by atoms with Crippen molar-refractivity contribution in [2.24, 2.45) is 0 Å². The molecule has 1 amide bonds. The molecule has 2 aromatic heterocycles. The Labute approximate surface area is 194 Å². The highest BCUT2D eigenvalue weighted by Gasteiger charge is 2.17. The van der Waals surface area contributed by atoms with Gasteiger partial charge in [-0.1, -0.05) is 12.1 Å². The second-order valence-corrected chi connectivity index (χ2v) is 7.51. The minimum Gasteiger partial charge on any atom is -0.462 e. The van der Waals surface area contributed by atoms with Crippen LogP contribution in [-0.4, -0.2) is 37.6 Å². The molecular weight excluding hydrogens is 438 g/mol. The van der Waals surface area contributed by atoms with Crippen molar-refractivity contribution in [3.63, 3.8) is 0 Å². The molecule has 1 N–H and O–H groups in total. The number of aromatic nitrogens is 4. The fourth-order valence-corrected chi connectivity index (χ4v) is 3.28. The topological polar surface area (TPSA) is 117 Å². The number of esters is 1. The Hall–Kier alpha value is -4.47. The van der Waals surface area contributed by atoms with Crippen molar-refractivity contribution in [3.8, 4) is 11.6 Å². The Bertz CT molecular complexity index is 1420. The zero-order chi connectivity index (χ0) is 24.2. The summed E-state index contributed by atoms with van der Waals surface area (Å²) in [4.78, 5) is 41.3. The molecule has 4 rings (SSSR count). The molecule has 0 atom stereocenters. The van der Waals surface area contributed by atoms with E-state index in [-0.39, 0.29) is 24.7 Å². The summed E-state index contributed by atoms with van der Waals surface area (Å²) >= 11 is 0. The van der Waals surface area contributed by atoms with Gasteiger partial charge in [-0.05, 0) is 62.2 Å². The number of carbonyl (C=O) groups excluding carboxylic acids is 2. The predicted molar refractivity (Wildman–Crippen MR) is 124 cm³/mol. The van der Waals surface area contributed by atoms with Crippen LogP contribution in [0.1, 0.15) is 28.4 Å². The minimum absolute atomic E-state index is 0.155. The van der Waals surface area contributed by atoms with Crippen LogP contribution in [0.2, 0.25) is 0 Å². The molecular formula is C24H23N5O5. The summed E-state index contributed by atoms with van der Waals surface area (Å²) in [5, 5.41) is 6.94. The van der Waals surface area contributed by atoms with E-state index >= 15 is 0 Å². The molecule has 4 aromatic rings. The average molecular weight is 461 g/mol. The standard InChI is InChI=1S/C24H23N5O5/c1-4-33-23(31)17-8-10-18(11-9-17)26-20(30)14-29-24(32)28-13-12-25-22(21(28)27-29)34-19-7-5-6-15(2)16(19)3/h5-13H,4,14H2,1-3H3,(H,26,30). The Kier molecular flexibility index (Phi) is 6.39. The summed E-state index contributed by atoms with van der Waals surface area (Å²) in [6, 6.07) is 11.9. The van der Waals surface area contributed by atoms with Gasteiger partial charge in [-0.2, -0.15) is 0 Å². The van der Waals surface area contributed by atoms with E-state index in [2.05, 4.69) is 15.4 Å².